The Bertz CT molecular complexity index is 613. The predicted molar refractivity (Wildman–Crippen MR) is 73.8 cm³/mol. The molecule has 0 aliphatic rings. The molecule has 0 aliphatic carbocycles. The van der Waals surface area contributed by atoms with E-state index in [1.54, 1.807) is 6.07 Å². The van der Waals surface area contributed by atoms with Crippen LogP contribution in [0.2, 0.25) is 0 Å². The molecule has 6 nitrogen and oxygen atoms in total. The number of benzene rings is 1. The van der Waals surface area contributed by atoms with Gasteiger partial charge in [0.15, 0.2) is 0 Å². The molecular weight excluding hydrogens is 244 g/mol. The molecule has 0 bridgehead atoms. The van der Waals surface area contributed by atoms with Gasteiger partial charge in [-0.25, -0.2) is 4.98 Å². The minimum Gasteiger partial charge on any atom is -0.378 e. The topological polar surface area (TPSA) is 94.1 Å². The zero-order valence-corrected chi connectivity index (χ0v) is 10.5. The second kappa shape index (κ2) is 5.34. The van der Waals surface area contributed by atoms with E-state index in [1.807, 2.05) is 25.1 Å². The largest absolute Gasteiger partial charge is 0.378 e. The Morgan fingerprint density at radius 3 is 2.79 bits per heavy atom. The fourth-order valence-electron chi connectivity index (χ4n) is 1.74. The fourth-order valence-corrected chi connectivity index (χ4v) is 1.74. The lowest BCUT2D eigenvalue weighted by atomic mass is 10.1. The van der Waals surface area contributed by atoms with Crippen LogP contribution in [0.4, 0.5) is 17.3 Å². The maximum Gasteiger partial charge on any atom is 0.311 e. The summed E-state index contributed by atoms with van der Waals surface area (Å²) >= 11 is 0. The molecule has 0 unspecified atom stereocenters. The van der Waals surface area contributed by atoms with E-state index in [0.717, 1.165) is 5.56 Å². The lowest BCUT2D eigenvalue weighted by molar-refractivity contribution is -0.384. The first-order chi connectivity index (χ1) is 9.06. The summed E-state index contributed by atoms with van der Waals surface area (Å²) in [5, 5.41) is 13.7. The Morgan fingerprint density at radius 1 is 1.37 bits per heavy atom. The number of aromatic nitrogens is 1. The Labute approximate surface area is 110 Å². The molecule has 19 heavy (non-hydrogen) atoms. The number of nitro groups is 1. The van der Waals surface area contributed by atoms with Crippen molar-refractivity contribution in [2.75, 3.05) is 11.1 Å². The van der Waals surface area contributed by atoms with E-state index >= 15 is 0 Å². The van der Waals surface area contributed by atoms with E-state index in [2.05, 4.69) is 16.4 Å². The van der Waals surface area contributed by atoms with Crippen LogP contribution in [0.1, 0.15) is 11.1 Å². The summed E-state index contributed by atoms with van der Waals surface area (Å²) in [6.07, 6.45) is 0. The average Bonchev–Trinajstić information content (AvgIpc) is 2.36. The van der Waals surface area contributed by atoms with Crippen molar-refractivity contribution >= 4 is 17.3 Å². The molecule has 2 aromatic rings. The maximum atomic E-state index is 10.6. The highest BCUT2D eigenvalue weighted by Crippen LogP contribution is 2.21. The van der Waals surface area contributed by atoms with Gasteiger partial charge in [0, 0.05) is 12.6 Å². The van der Waals surface area contributed by atoms with Gasteiger partial charge in [-0.05, 0) is 18.6 Å². The van der Waals surface area contributed by atoms with Crippen molar-refractivity contribution in [2.24, 2.45) is 0 Å². The molecule has 2 rings (SSSR count). The highest BCUT2D eigenvalue weighted by molar-refractivity contribution is 5.57. The molecule has 0 fully saturated rings. The average molecular weight is 258 g/mol. The Balaban J connectivity index is 2.08. The Morgan fingerprint density at radius 2 is 2.16 bits per heavy atom. The van der Waals surface area contributed by atoms with Gasteiger partial charge >= 0.3 is 5.69 Å². The molecule has 0 amide bonds. The van der Waals surface area contributed by atoms with Crippen LogP contribution in [-0.2, 0) is 6.54 Å². The van der Waals surface area contributed by atoms with Crippen LogP contribution in [0.15, 0.2) is 36.4 Å². The van der Waals surface area contributed by atoms with Gasteiger partial charge in [-0.3, -0.25) is 10.1 Å². The van der Waals surface area contributed by atoms with E-state index < -0.39 is 4.92 Å². The lowest BCUT2D eigenvalue weighted by Crippen LogP contribution is -2.04. The van der Waals surface area contributed by atoms with E-state index in [0.29, 0.717) is 12.4 Å². The minimum atomic E-state index is -0.549. The molecule has 0 saturated carbocycles. The number of anilines is 2. The van der Waals surface area contributed by atoms with Crippen molar-refractivity contribution < 1.29 is 4.92 Å². The van der Waals surface area contributed by atoms with Crippen molar-refractivity contribution in [3.8, 4) is 0 Å². The molecule has 0 radical (unpaired) electrons. The summed E-state index contributed by atoms with van der Waals surface area (Å²) in [6.45, 7) is 2.61. The third-order valence-corrected chi connectivity index (χ3v) is 2.66. The van der Waals surface area contributed by atoms with Gasteiger partial charge < -0.3 is 11.1 Å². The molecule has 0 spiro atoms. The second-order valence-electron chi connectivity index (χ2n) is 4.20. The van der Waals surface area contributed by atoms with Gasteiger partial charge in [-0.2, -0.15) is 0 Å². The zero-order chi connectivity index (χ0) is 13.8. The van der Waals surface area contributed by atoms with Gasteiger partial charge in [0.25, 0.3) is 0 Å². The number of hydrogen-bond acceptors (Lipinski definition) is 5. The highest BCUT2D eigenvalue weighted by atomic mass is 16.6. The minimum absolute atomic E-state index is 0.0840. The van der Waals surface area contributed by atoms with E-state index in [1.165, 1.54) is 11.6 Å². The Kier molecular flexibility index (Phi) is 3.61. The molecule has 98 valence electrons. The summed E-state index contributed by atoms with van der Waals surface area (Å²) in [5.74, 6) is 0.434. The number of nitrogens with zero attached hydrogens (tertiary/aromatic N) is 2. The first-order valence-corrected chi connectivity index (χ1v) is 5.76. The zero-order valence-electron chi connectivity index (χ0n) is 10.5. The molecule has 1 aromatic heterocycles. The van der Waals surface area contributed by atoms with Crippen LogP contribution in [0.25, 0.3) is 0 Å². The number of nitrogens with one attached hydrogen (secondary N) is 1. The predicted octanol–water partition coefficient (Wildman–Crippen LogP) is 2.49. The molecule has 1 aromatic carbocycles. The number of nitrogen functional groups attached to an aromatic ring is 1. The summed E-state index contributed by atoms with van der Waals surface area (Å²) < 4.78 is 0. The SMILES string of the molecule is Cc1cccc(CNc2ccc([N+](=O)[O-])c(N)n2)c1. The highest BCUT2D eigenvalue weighted by Gasteiger charge is 2.12. The summed E-state index contributed by atoms with van der Waals surface area (Å²) in [4.78, 5) is 14.0. The normalized spacial score (nSPS) is 10.2. The van der Waals surface area contributed by atoms with Crippen LogP contribution in [0.3, 0.4) is 0 Å². The van der Waals surface area contributed by atoms with Crippen molar-refractivity contribution in [3.05, 3.63) is 57.6 Å². The van der Waals surface area contributed by atoms with Crippen LogP contribution < -0.4 is 11.1 Å². The standard InChI is InChI=1S/C13H14N4O2/c1-9-3-2-4-10(7-9)8-15-12-6-5-11(17(18)19)13(14)16-12/h2-7H,8H2,1H3,(H3,14,15,16). The second-order valence-corrected chi connectivity index (χ2v) is 4.20. The molecular formula is C13H14N4O2. The molecule has 1 heterocycles. The van der Waals surface area contributed by atoms with Gasteiger partial charge in [0.05, 0.1) is 4.92 Å². The summed E-state index contributed by atoms with van der Waals surface area (Å²) in [6, 6.07) is 10.9. The van der Waals surface area contributed by atoms with Crippen LogP contribution >= 0.6 is 0 Å². The van der Waals surface area contributed by atoms with Crippen LogP contribution in [0.5, 0.6) is 0 Å². The van der Waals surface area contributed by atoms with E-state index in [9.17, 15) is 10.1 Å². The number of rotatable bonds is 4. The molecule has 0 saturated heterocycles. The number of nitrogens with two attached hydrogens (primary N) is 1. The van der Waals surface area contributed by atoms with Crippen molar-refractivity contribution in [1.82, 2.24) is 4.98 Å². The smallest absolute Gasteiger partial charge is 0.311 e. The quantitative estimate of drug-likeness (QED) is 0.649. The molecule has 0 atom stereocenters. The third-order valence-electron chi connectivity index (χ3n) is 2.66. The summed E-state index contributed by atoms with van der Waals surface area (Å²) in [7, 11) is 0. The fraction of sp³-hybridized carbons (Fsp3) is 0.154. The van der Waals surface area contributed by atoms with Crippen molar-refractivity contribution in [2.45, 2.75) is 13.5 Å². The Hall–Kier alpha value is -2.63. The van der Waals surface area contributed by atoms with E-state index in [-0.39, 0.29) is 11.5 Å². The molecule has 3 N–H and O–H groups in total. The number of pyridine rings is 1. The first-order valence-electron chi connectivity index (χ1n) is 5.76. The van der Waals surface area contributed by atoms with Gasteiger partial charge in [-0.1, -0.05) is 29.8 Å². The number of hydrogen-bond donors (Lipinski definition) is 2. The first kappa shape index (κ1) is 12.8. The molecule has 6 heteroatoms. The molecule has 0 aliphatic heterocycles. The maximum absolute atomic E-state index is 10.6. The van der Waals surface area contributed by atoms with Crippen LogP contribution in [0, 0.1) is 17.0 Å². The monoisotopic (exact) mass is 258 g/mol. The van der Waals surface area contributed by atoms with Gasteiger partial charge in [0.2, 0.25) is 5.82 Å². The van der Waals surface area contributed by atoms with Crippen molar-refractivity contribution in [1.29, 1.82) is 0 Å². The van der Waals surface area contributed by atoms with Gasteiger partial charge in [-0.15, -0.1) is 0 Å². The lowest BCUT2D eigenvalue weighted by Gasteiger charge is -2.07. The van der Waals surface area contributed by atoms with Crippen LogP contribution in [-0.4, -0.2) is 9.91 Å². The third kappa shape index (κ3) is 3.19. The summed E-state index contributed by atoms with van der Waals surface area (Å²) in [5.41, 5.74) is 7.63. The van der Waals surface area contributed by atoms with Gasteiger partial charge in [0.1, 0.15) is 5.82 Å². The van der Waals surface area contributed by atoms with Crippen molar-refractivity contribution in [3.63, 3.8) is 0 Å². The van der Waals surface area contributed by atoms with E-state index in [4.69, 9.17) is 5.73 Å². The number of aryl methyl sites for hydroxylation is 1.